The third kappa shape index (κ3) is 2.79. The van der Waals surface area contributed by atoms with Gasteiger partial charge in [0.15, 0.2) is 23.1 Å². The molecule has 0 saturated heterocycles. The smallest absolute Gasteiger partial charge is 0.257 e. The fourth-order valence-corrected chi connectivity index (χ4v) is 1.48. The van der Waals surface area contributed by atoms with Crippen molar-refractivity contribution in [3.8, 4) is 11.5 Å². The van der Waals surface area contributed by atoms with E-state index >= 15 is 0 Å². The Morgan fingerprint density at radius 1 is 1.42 bits per heavy atom. The van der Waals surface area contributed by atoms with Crippen molar-refractivity contribution in [2.24, 2.45) is 0 Å². The summed E-state index contributed by atoms with van der Waals surface area (Å²) in [7, 11) is 1.34. The van der Waals surface area contributed by atoms with Crippen molar-refractivity contribution in [3.05, 3.63) is 47.9 Å². The molecule has 6 heteroatoms. The van der Waals surface area contributed by atoms with Gasteiger partial charge in [0.2, 0.25) is 0 Å². The van der Waals surface area contributed by atoms with Crippen LogP contribution in [0.4, 0.5) is 10.2 Å². The third-order valence-electron chi connectivity index (χ3n) is 2.43. The van der Waals surface area contributed by atoms with E-state index in [0.717, 1.165) is 6.07 Å². The molecule has 1 aromatic heterocycles. The minimum Gasteiger partial charge on any atom is -0.504 e. The van der Waals surface area contributed by atoms with Crippen LogP contribution in [-0.4, -0.2) is 23.1 Å². The molecule has 0 fully saturated rings. The van der Waals surface area contributed by atoms with Crippen molar-refractivity contribution in [2.75, 3.05) is 12.4 Å². The molecule has 2 N–H and O–H groups in total. The first kappa shape index (κ1) is 12.8. The number of anilines is 1. The Morgan fingerprint density at radius 2 is 2.21 bits per heavy atom. The molecule has 0 atom stereocenters. The Kier molecular flexibility index (Phi) is 3.61. The number of carbonyl (C=O) groups is 1. The molecule has 0 unspecified atom stereocenters. The zero-order valence-electron chi connectivity index (χ0n) is 10.1. The molecule has 98 valence electrons. The summed E-state index contributed by atoms with van der Waals surface area (Å²) in [5.74, 6) is -1.30. The molecule has 1 amide bonds. The molecule has 0 radical (unpaired) electrons. The summed E-state index contributed by atoms with van der Waals surface area (Å²) >= 11 is 0. The molecule has 2 aromatic rings. The lowest BCUT2D eigenvalue weighted by atomic mass is 10.2. The van der Waals surface area contributed by atoms with Gasteiger partial charge in [0.05, 0.1) is 7.11 Å². The molecule has 2 rings (SSSR count). The number of pyridine rings is 1. The molecule has 1 heterocycles. The van der Waals surface area contributed by atoms with E-state index in [1.54, 1.807) is 0 Å². The minimum atomic E-state index is -0.639. The van der Waals surface area contributed by atoms with E-state index in [4.69, 9.17) is 4.74 Å². The third-order valence-corrected chi connectivity index (χ3v) is 2.43. The largest absolute Gasteiger partial charge is 0.504 e. The van der Waals surface area contributed by atoms with Crippen molar-refractivity contribution in [1.29, 1.82) is 0 Å². The first-order valence-electron chi connectivity index (χ1n) is 5.40. The fourth-order valence-electron chi connectivity index (χ4n) is 1.48. The van der Waals surface area contributed by atoms with Gasteiger partial charge in [-0.1, -0.05) is 0 Å². The molecule has 0 aliphatic rings. The average Bonchev–Trinajstić information content (AvgIpc) is 2.41. The Bertz CT molecular complexity index is 617. The van der Waals surface area contributed by atoms with E-state index in [0.29, 0.717) is 0 Å². The first-order chi connectivity index (χ1) is 9.11. The zero-order valence-corrected chi connectivity index (χ0v) is 10.1. The molecule has 0 bridgehead atoms. The summed E-state index contributed by atoms with van der Waals surface area (Å²) in [5, 5.41) is 11.9. The van der Waals surface area contributed by atoms with Gasteiger partial charge < -0.3 is 15.2 Å². The van der Waals surface area contributed by atoms with Crippen LogP contribution in [0.25, 0.3) is 0 Å². The summed E-state index contributed by atoms with van der Waals surface area (Å²) in [5.41, 5.74) is 0.100. The second-order valence-electron chi connectivity index (χ2n) is 3.67. The van der Waals surface area contributed by atoms with Gasteiger partial charge in [0.25, 0.3) is 5.91 Å². The van der Waals surface area contributed by atoms with Crippen LogP contribution in [0.3, 0.4) is 0 Å². The van der Waals surface area contributed by atoms with Gasteiger partial charge in [-0.3, -0.25) is 4.79 Å². The SMILES string of the molecule is COc1ccc(C(=O)Nc2ncccc2O)cc1F. The number of hydrogen-bond acceptors (Lipinski definition) is 4. The van der Waals surface area contributed by atoms with Crippen LogP contribution in [0.5, 0.6) is 11.5 Å². The minimum absolute atomic E-state index is 0.0173. The van der Waals surface area contributed by atoms with Crippen molar-refractivity contribution >= 4 is 11.7 Å². The Morgan fingerprint density at radius 3 is 2.84 bits per heavy atom. The maximum Gasteiger partial charge on any atom is 0.257 e. The predicted octanol–water partition coefficient (Wildman–Crippen LogP) is 2.19. The van der Waals surface area contributed by atoms with E-state index in [1.807, 2.05) is 0 Å². The standard InChI is InChI=1S/C13H11FN2O3/c1-19-11-5-4-8(7-9(11)14)13(18)16-12-10(17)3-2-6-15-12/h2-7,17H,1H3,(H,15,16,18). The number of benzene rings is 1. The molecule has 5 nitrogen and oxygen atoms in total. The van der Waals surface area contributed by atoms with Gasteiger partial charge in [0, 0.05) is 11.8 Å². The fraction of sp³-hybridized carbons (Fsp3) is 0.0769. The van der Waals surface area contributed by atoms with Gasteiger partial charge in [-0.05, 0) is 30.3 Å². The van der Waals surface area contributed by atoms with Crippen LogP contribution in [0.15, 0.2) is 36.5 Å². The van der Waals surface area contributed by atoms with E-state index in [2.05, 4.69) is 10.3 Å². The van der Waals surface area contributed by atoms with Crippen LogP contribution < -0.4 is 10.1 Å². The number of amides is 1. The van der Waals surface area contributed by atoms with Gasteiger partial charge in [-0.25, -0.2) is 9.37 Å². The normalized spacial score (nSPS) is 10.0. The molecular weight excluding hydrogens is 251 g/mol. The highest BCUT2D eigenvalue weighted by atomic mass is 19.1. The van der Waals surface area contributed by atoms with Gasteiger partial charge >= 0.3 is 0 Å². The number of nitrogens with zero attached hydrogens (tertiary/aromatic N) is 1. The highest BCUT2D eigenvalue weighted by Gasteiger charge is 2.12. The van der Waals surface area contributed by atoms with Crippen LogP contribution >= 0.6 is 0 Å². The lowest BCUT2D eigenvalue weighted by molar-refractivity contribution is 0.102. The van der Waals surface area contributed by atoms with Gasteiger partial charge in [-0.15, -0.1) is 0 Å². The molecule has 19 heavy (non-hydrogen) atoms. The van der Waals surface area contributed by atoms with Crippen LogP contribution in [-0.2, 0) is 0 Å². The van der Waals surface area contributed by atoms with Gasteiger partial charge in [-0.2, -0.15) is 0 Å². The number of hydrogen-bond donors (Lipinski definition) is 2. The lowest BCUT2D eigenvalue weighted by Crippen LogP contribution is -2.13. The van der Waals surface area contributed by atoms with E-state index in [1.165, 1.54) is 37.6 Å². The highest BCUT2D eigenvalue weighted by molar-refractivity contribution is 6.04. The number of methoxy groups -OCH3 is 1. The average molecular weight is 262 g/mol. The lowest BCUT2D eigenvalue weighted by Gasteiger charge is -2.07. The molecule has 1 aromatic carbocycles. The monoisotopic (exact) mass is 262 g/mol. The quantitative estimate of drug-likeness (QED) is 0.889. The highest BCUT2D eigenvalue weighted by Crippen LogP contribution is 2.21. The Balaban J connectivity index is 2.21. The number of aromatic nitrogens is 1. The second kappa shape index (κ2) is 5.34. The van der Waals surface area contributed by atoms with Crippen LogP contribution in [0, 0.1) is 5.82 Å². The number of ether oxygens (including phenoxy) is 1. The molecule has 0 aliphatic heterocycles. The summed E-state index contributed by atoms with van der Waals surface area (Å²) in [4.78, 5) is 15.6. The van der Waals surface area contributed by atoms with E-state index in [9.17, 15) is 14.3 Å². The number of rotatable bonds is 3. The van der Waals surface area contributed by atoms with Crippen molar-refractivity contribution in [3.63, 3.8) is 0 Å². The Hall–Kier alpha value is -2.63. The van der Waals surface area contributed by atoms with Crippen molar-refractivity contribution in [1.82, 2.24) is 4.98 Å². The van der Waals surface area contributed by atoms with Crippen LogP contribution in [0.1, 0.15) is 10.4 Å². The maximum atomic E-state index is 13.5. The zero-order chi connectivity index (χ0) is 13.8. The summed E-state index contributed by atoms with van der Waals surface area (Å²) in [6, 6.07) is 6.73. The molecule has 0 saturated carbocycles. The van der Waals surface area contributed by atoms with E-state index in [-0.39, 0.29) is 22.9 Å². The predicted molar refractivity (Wildman–Crippen MR) is 66.8 cm³/mol. The summed E-state index contributed by atoms with van der Waals surface area (Å²) in [6.07, 6.45) is 1.42. The summed E-state index contributed by atoms with van der Waals surface area (Å²) < 4.78 is 18.2. The second-order valence-corrected chi connectivity index (χ2v) is 3.67. The Labute approximate surface area is 108 Å². The van der Waals surface area contributed by atoms with Gasteiger partial charge in [0.1, 0.15) is 0 Å². The van der Waals surface area contributed by atoms with Crippen molar-refractivity contribution in [2.45, 2.75) is 0 Å². The maximum absolute atomic E-state index is 13.5. The molecule has 0 spiro atoms. The van der Waals surface area contributed by atoms with Crippen molar-refractivity contribution < 1.29 is 19.0 Å². The van der Waals surface area contributed by atoms with E-state index < -0.39 is 11.7 Å². The number of aromatic hydroxyl groups is 1. The topological polar surface area (TPSA) is 71.5 Å². The number of nitrogens with one attached hydrogen (secondary N) is 1. The summed E-state index contributed by atoms with van der Waals surface area (Å²) in [6.45, 7) is 0. The van der Waals surface area contributed by atoms with Crippen LogP contribution in [0.2, 0.25) is 0 Å². The first-order valence-corrected chi connectivity index (χ1v) is 5.40. The number of halogens is 1. The number of carbonyl (C=O) groups excluding carboxylic acids is 1. The molecular formula is C13H11FN2O3. The molecule has 0 aliphatic carbocycles.